The van der Waals surface area contributed by atoms with E-state index in [1.807, 2.05) is 12.1 Å². The van der Waals surface area contributed by atoms with Crippen LogP contribution < -0.4 is 11.1 Å². The van der Waals surface area contributed by atoms with E-state index in [-0.39, 0.29) is 6.04 Å². The highest BCUT2D eigenvalue weighted by Gasteiger charge is 2.22. The molecule has 1 heterocycles. The third kappa shape index (κ3) is 1.11. The number of fused-ring (bicyclic) bond motifs is 1. The molecular weight excluding hydrogens is 168 g/mol. The van der Waals surface area contributed by atoms with Crippen molar-refractivity contribution >= 4 is 17.2 Å². The molecule has 0 amide bonds. The van der Waals surface area contributed by atoms with Crippen LogP contribution in [0.15, 0.2) is 24.3 Å². The number of benzene rings is 1. The van der Waals surface area contributed by atoms with Crippen LogP contribution in [0.25, 0.3) is 0 Å². The van der Waals surface area contributed by atoms with Gasteiger partial charge in [-0.05, 0) is 11.1 Å². The Hall–Kier alpha value is -0.930. The lowest BCUT2D eigenvalue weighted by Gasteiger charge is -2.08. The molecule has 12 heavy (non-hydrogen) atoms. The quantitative estimate of drug-likeness (QED) is 0.633. The number of hydrogen-bond donors (Lipinski definition) is 2. The first-order valence-electron chi connectivity index (χ1n) is 3.89. The molecule has 0 saturated heterocycles. The van der Waals surface area contributed by atoms with Crippen molar-refractivity contribution in [2.75, 3.05) is 0 Å². The Morgan fingerprint density at radius 1 is 1.50 bits per heavy atom. The molecule has 1 aliphatic heterocycles. The van der Waals surface area contributed by atoms with Crippen molar-refractivity contribution in [2.24, 2.45) is 5.73 Å². The number of rotatable bonds is 1. The van der Waals surface area contributed by atoms with Crippen molar-refractivity contribution in [3.63, 3.8) is 0 Å². The topological polar surface area (TPSA) is 38.0 Å². The fourth-order valence-corrected chi connectivity index (χ4v) is 1.76. The normalized spacial score (nSPS) is 20.5. The van der Waals surface area contributed by atoms with E-state index in [4.69, 9.17) is 18.0 Å². The maximum atomic E-state index is 5.58. The summed E-state index contributed by atoms with van der Waals surface area (Å²) in [5.74, 6) is 0. The molecular formula is C9H10N2S. The summed E-state index contributed by atoms with van der Waals surface area (Å²) in [5.41, 5.74) is 8.11. The Labute approximate surface area is 76.8 Å². The van der Waals surface area contributed by atoms with E-state index in [0.29, 0.717) is 4.99 Å². The van der Waals surface area contributed by atoms with Crippen LogP contribution in [-0.4, -0.2) is 4.99 Å². The summed E-state index contributed by atoms with van der Waals surface area (Å²) in [6, 6.07) is 8.29. The fourth-order valence-electron chi connectivity index (χ4n) is 1.55. The van der Waals surface area contributed by atoms with Crippen LogP contribution >= 0.6 is 12.2 Å². The minimum Gasteiger partial charge on any atom is -0.392 e. The average molecular weight is 178 g/mol. The van der Waals surface area contributed by atoms with Crippen molar-refractivity contribution in [1.82, 2.24) is 5.32 Å². The van der Waals surface area contributed by atoms with Crippen molar-refractivity contribution in [3.05, 3.63) is 35.4 Å². The molecule has 1 aliphatic rings. The molecule has 3 N–H and O–H groups in total. The Morgan fingerprint density at radius 3 is 3.00 bits per heavy atom. The predicted molar refractivity (Wildman–Crippen MR) is 52.8 cm³/mol. The monoisotopic (exact) mass is 178 g/mol. The van der Waals surface area contributed by atoms with Gasteiger partial charge in [0.2, 0.25) is 0 Å². The highest BCUT2D eigenvalue weighted by Crippen LogP contribution is 2.24. The molecule has 0 saturated carbocycles. The first-order valence-corrected chi connectivity index (χ1v) is 4.30. The van der Waals surface area contributed by atoms with Crippen LogP contribution in [0, 0.1) is 0 Å². The minimum atomic E-state index is 0.0798. The number of hydrogen-bond acceptors (Lipinski definition) is 2. The maximum Gasteiger partial charge on any atom is 0.0946 e. The lowest BCUT2D eigenvalue weighted by atomic mass is 10.1. The average Bonchev–Trinajstić information content (AvgIpc) is 2.47. The van der Waals surface area contributed by atoms with Crippen molar-refractivity contribution in [3.8, 4) is 0 Å². The summed E-state index contributed by atoms with van der Waals surface area (Å²) < 4.78 is 0. The van der Waals surface area contributed by atoms with Crippen molar-refractivity contribution in [1.29, 1.82) is 0 Å². The summed E-state index contributed by atoms with van der Waals surface area (Å²) in [7, 11) is 0. The number of nitrogens with one attached hydrogen (secondary N) is 1. The second-order valence-electron chi connectivity index (χ2n) is 2.92. The first kappa shape index (κ1) is 7.71. The first-order chi connectivity index (χ1) is 5.79. The van der Waals surface area contributed by atoms with E-state index in [1.165, 1.54) is 11.1 Å². The second kappa shape index (κ2) is 2.84. The minimum absolute atomic E-state index is 0.0798. The van der Waals surface area contributed by atoms with E-state index < -0.39 is 0 Å². The second-order valence-corrected chi connectivity index (χ2v) is 3.39. The van der Waals surface area contributed by atoms with Gasteiger partial charge in [0.1, 0.15) is 0 Å². The van der Waals surface area contributed by atoms with E-state index in [1.54, 1.807) is 0 Å². The van der Waals surface area contributed by atoms with E-state index in [2.05, 4.69) is 17.4 Å². The summed E-state index contributed by atoms with van der Waals surface area (Å²) in [5, 5.41) is 3.26. The largest absolute Gasteiger partial charge is 0.392 e. The molecule has 0 bridgehead atoms. The Kier molecular flexibility index (Phi) is 1.83. The molecule has 0 radical (unpaired) electrons. The predicted octanol–water partition coefficient (Wildman–Crippen LogP) is 1.12. The summed E-state index contributed by atoms with van der Waals surface area (Å²) in [6.07, 6.45) is 0. The smallest absolute Gasteiger partial charge is 0.0946 e. The Balaban J connectivity index is 2.42. The summed E-state index contributed by atoms with van der Waals surface area (Å²) in [6.45, 7) is 0.873. The van der Waals surface area contributed by atoms with Crippen LogP contribution in [-0.2, 0) is 6.54 Å². The third-order valence-corrected chi connectivity index (χ3v) is 2.38. The zero-order valence-corrected chi connectivity index (χ0v) is 7.40. The molecule has 0 aliphatic carbocycles. The van der Waals surface area contributed by atoms with Gasteiger partial charge >= 0.3 is 0 Å². The highest BCUT2D eigenvalue weighted by atomic mass is 32.1. The van der Waals surface area contributed by atoms with Crippen molar-refractivity contribution < 1.29 is 0 Å². The molecule has 1 unspecified atom stereocenters. The van der Waals surface area contributed by atoms with Gasteiger partial charge in [0.15, 0.2) is 0 Å². The summed E-state index contributed by atoms with van der Waals surface area (Å²) >= 11 is 4.95. The SMILES string of the molecule is NC(=S)C1NCc2ccccc21. The van der Waals surface area contributed by atoms with E-state index in [9.17, 15) is 0 Å². The number of nitrogens with two attached hydrogens (primary N) is 1. The fraction of sp³-hybridized carbons (Fsp3) is 0.222. The van der Waals surface area contributed by atoms with E-state index >= 15 is 0 Å². The van der Waals surface area contributed by atoms with Gasteiger partial charge in [0.05, 0.1) is 11.0 Å². The molecule has 0 fully saturated rings. The Morgan fingerprint density at radius 2 is 2.25 bits per heavy atom. The van der Waals surface area contributed by atoms with Gasteiger partial charge in [-0.1, -0.05) is 36.5 Å². The van der Waals surface area contributed by atoms with Gasteiger partial charge in [-0.2, -0.15) is 0 Å². The van der Waals surface area contributed by atoms with Gasteiger partial charge in [0, 0.05) is 6.54 Å². The maximum absolute atomic E-state index is 5.58. The van der Waals surface area contributed by atoms with E-state index in [0.717, 1.165) is 6.54 Å². The lowest BCUT2D eigenvalue weighted by Crippen LogP contribution is -2.26. The van der Waals surface area contributed by atoms with Gasteiger partial charge < -0.3 is 11.1 Å². The molecule has 2 nitrogen and oxygen atoms in total. The Bertz CT molecular complexity index is 322. The van der Waals surface area contributed by atoms with Crippen molar-refractivity contribution in [2.45, 2.75) is 12.6 Å². The molecule has 1 atom stereocenters. The van der Waals surface area contributed by atoms with Crippen LogP contribution in [0.4, 0.5) is 0 Å². The molecule has 1 aromatic rings. The van der Waals surface area contributed by atoms with Gasteiger partial charge in [0.25, 0.3) is 0 Å². The van der Waals surface area contributed by atoms with Gasteiger partial charge in [-0.15, -0.1) is 0 Å². The molecule has 2 rings (SSSR count). The molecule has 0 spiro atoms. The third-order valence-electron chi connectivity index (χ3n) is 2.15. The van der Waals surface area contributed by atoms with Crippen LogP contribution in [0.2, 0.25) is 0 Å². The molecule has 0 aromatic heterocycles. The zero-order chi connectivity index (χ0) is 8.55. The lowest BCUT2D eigenvalue weighted by molar-refractivity contribution is 0.716. The molecule has 62 valence electrons. The highest BCUT2D eigenvalue weighted by molar-refractivity contribution is 7.80. The van der Waals surface area contributed by atoms with Crippen LogP contribution in [0.5, 0.6) is 0 Å². The van der Waals surface area contributed by atoms with Crippen LogP contribution in [0.3, 0.4) is 0 Å². The van der Waals surface area contributed by atoms with Crippen LogP contribution in [0.1, 0.15) is 17.2 Å². The standard InChI is InChI=1S/C9H10N2S/c10-9(12)8-7-4-2-1-3-6(7)5-11-8/h1-4,8,11H,5H2,(H2,10,12). The number of thiocarbonyl (C=S) groups is 1. The molecule has 3 heteroatoms. The van der Waals surface area contributed by atoms with Gasteiger partial charge in [-0.3, -0.25) is 0 Å². The summed E-state index contributed by atoms with van der Waals surface area (Å²) in [4.78, 5) is 0.528. The molecule has 1 aromatic carbocycles. The zero-order valence-electron chi connectivity index (χ0n) is 6.58. The van der Waals surface area contributed by atoms with Gasteiger partial charge in [-0.25, -0.2) is 0 Å².